The van der Waals surface area contributed by atoms with Crippen LogP contribution in [0, 0.1) is 0 Å². The molecule has 0 heterocycles. The third kappa shape index (κ3) is 18.1. The molecule has 0 unspecified atom stereocenters. The topological polar surface area (TPSA) is 92.8 Å². The van der Waals surface area contributed by atoms with Crippen molar-refractivity contribution in [3.63, 3.8) is 0 Å². The van der Waals surface area contributed by atoms with Gasteiger partial charge in [-0.3, -0.25) is 9.59 Å². The molecule has 0 aliphatic carbocycles. The summed E-state index contributed by atoms with van der Waals surface area (Å²) in [5.74, 6) is -0.600. The Bertz CT molecular complexity index is 898. The molecule has 41 heavy (non-hydrogen) atoms. The van der Waals surface area contributed by atoms with Crippen LogP contribution in [-0.2, 0) is 38.0 Å². The van der Waals surface area contributed by atoms with Crippen molar-refractivity contribution in [2.45, 2.75) is 104 Å². The molecule has 9 nitrogen and oxygen atoms in total. The molecule has 0 aromatic heterocycles. The fraction of sp³-hybridized carbons (Fsp3) is 0.750. The number of carbonyl (C=O) groups is 2. The first-order chi connectivity index (χ1) is 18.9. The molecule has 0 saturated heterocycles. The van der Waals surface area contributed by atoms with Gasteiger partial charge in [0, 0.05) is 39.0 Å². The summed E-state index contributed by atoms with van der Waals surface area (Å²) in [5, 5.41) is 0. The molecule has 0 aliphatic rings. The first kappa shape index (κ1) is 36.8. The van der Waals surface area contributed by atoms with Crippen LogP contribution in [0.1, 0.15) is 82.1 Å². The van der Waals surface area contributed by atoms with E-state index >= 15 is 0 Å². The van der Waals surface area contributed by atoms with Crippen LogP contribution in [0.15, 0.2) is 30.3 Å². The maximum atomic E-state index is 11.1. The summed E-state index contributed by atoms with van der Waals surface area (Å²) in [5.41, 5.74) is -0.750. The predicted octanol–water partition coefficient (Wildman–Crippen LogP) is 5.58. The van der Waals surface area contributed by atoms with E-state index in [1.54, 1.807) is 0 Å². The van der Waals surface area contributed by atoms with Gasteiger partial charge in [-0.15, -0.1) is 0 Å². The van der Waals surface area contributed by atoms with Crippen LogP contribution in [0.4, 0.5) is 5.69 Å². The van der Waals surface area contributed by atoms with Crippen LogP contribution >= 0.6 is 0 Å². The van der Waals surface area contributed by atoms with Crippen molar-refractivity contribution in [3.05, 3.63) is 30.3 Å². The minimum absolute atomic E-state index is 0.191. The monoisotopic (exact) mass is 581 g/mol. The predicted molar refractivity (Wildman–Crippen MR) is 161 cm³/mol. The number of rotatable bonds is 21. The molecule has 236 valence electrons. The van der Waals surface area contributed by atoms with E-state index in [-0.39, 0.29) is 29.7 Å². The van der Waals surface area contributed by atoms with E-state index < -0.39 is 11.2 Å². The number of para-hydroxylation sites is 1. The van der Waals surface area contributed by atoms with Crippen molar-refractivity contribution < 1.29 is 38.0 Å². The highest BCUT2D eigenvalue weighted by Gasteiger charge is 2.27. The largest absolute Gasteiger partial charge is 0.466 e. The Morgan fingerprint density at radius 2 is 1.05 bits per heavy atom. The second kappa shape index (κ2) is 17.0. The highest BCUT2D eigenvalue weighted by molar-refractivity contribution is 5.66. The van der Waals surface area contributed by atoms with Crippen LogP contribution in [0.2, 0.25) is 0 Å². The Morgan fingerprint density at radius 3 is 1.59 bits per heavy atom. The van der Waals surface area contributed by atoms with Gasteiger partial charge in [0.05, 0.1) is 55.4 Å². The fourth-order valence-electron chi connectivity index (χ4n) is 3.76. The molecule has 1 rings (SSSR count). The molecule has 0 N–H and O–H groups in total. The summed E-state index contributed by atoms with van der Waals surface area (Å²) in [6.45, 7) is 22.6. The third-order valence-electron chi connectivity index (χ3n) is 6.47. The highest BCUT2D eigenvalue weighted by atomic mass is 16.6. The number of hydrogen-bond donors (Lipinski definition) is 0. The van der Waals surface area contributed by atoms with E-state index in [0.29, 0.717) is 52.5 Å². The SMILES string of the molecule is CC(=O)OCCC(C)(C)OCCC(C)(C)OCCN(CCOC(C)(C)COC(C)(C)COC(C)=O)c1ccccc1. The van der Waals surface area contributed by atoms with Crippen molar-refractivity contribution in [2.75, 3.05) is 57.6 Å². The van der Waals surface area contributed by atoms with Gasteiger partial charge in [-0.05, 0) is 73.9 Å². The van der Waals surface area contributed by atoms with Gasteiger partial charge in [0.2, 0.25) is 0 Å². The normalized spacial score (nSPS) is 12.7. The molecule has 1 aromatic rings. The molecule has 0 amide bonds. The summed E-state index contributed by atoms with van der Waals surface area (Å²) in [4.78, 5) is 24.4. The van der Waals surface area contributed by atoms with E-state index in [0.717, 1.165) is 12.1 Å². The first-order valence-corrected chi connectivity index (χ1v) is 14.5. The molecule has 0 bridgehead atoms. The molecule has 0 saturated carbocycles. The summed E-state index contributed by atoms with van der Waals surface area (Å²) < 4.78 is 34.7. The molecular formula is C32H55NO8. The lowest BCUT2D eigenvalue weighted by Gasteiger charge is -2.33. The Labute approximate surface area is 248 Å². The summed E-state index contributed by atoms with van der Waals surface area (Å²) in [6, 6.07) is 10.2. The van der Waals surface area contributed by atoms with Crippen molar-refractivity contribution in [1.82, 2.24) is 0 Å². The lowest BCUT2D eigenvalue weighted by molar-refractivity contribution is -0.159. The van der Waals surface area contributed by atoms with E-state index in [1.165, 1.54) is 13.8 Å². The van der Waals surface area contributed by atoms with E-state index in [1.807, 2.05) is 59.7 Å². The Balaban J connectivity index is 2.55. The van der Waals surface area contributed by atoms with Gasteiger partial charge in [0.15, 0.2) is 0 Å². The average Bonchev–Trinajstić information content (AvgIpc) is 2.85. The lowest BCUT2D eigenvalue weighted by Crippen LogP contribution is -2.41. The fourth-order valence-corrected chi connectivity index (χ4v) is 3.76. The number of benzene rings is 1. The van der Waals surface area contributed by atoms with Crippen LogP contribution < -0.4 is 4.90 Å². The summed E-state index contributed by atoms with van der Waals surface area (Å²) in [7, 11) is 0. The van der Waals surface area contributed by atoms with Gasteiger partial charge in [0.1, 0.15) is 6.61 Å². The van der Waals surface area contributed by atoms with Crippen LogP contribution in [0.25, 0.3) is 0 Å². The Morgan fingerprint density at radius 1 is 0.585 bits per heavy atom. The average molecular weight is 582 g/mol. The van der Waals surface area contributed by atoms with Gasteiger partial charge in [0.25, 0.3) is 0 Å². The smallest absolute Gasteiger partial charge is 0.302 e. The Hall–Kier alpha value is -2.20. The lowest BCUT2D eigenvalue weighted by atomic mass is 10.0. The molecule has 0 atom stereocenters. The first-order valence-electron chi connectivity index (χ1n) is 14.5. The van der Waals surface area contributed by atoms with E-state index in [2.05, 4.69) is 30.9 Å². The molecule has 0 spiro atoms. The maximum Gasteiger partial charge on any atom is 0.302 e. The van der Waals surface area contributed by atoms with Crippen molar-refractivity contribution >= 4 is 17.6 Å². The zero-order chi connectivity index (χ0) is 31.2. The van der Waals surface area contributed by atoms with Crippen molar-refractivity contribution in [1.29, 1.82) is 0 Å². The van der Waals surface area contributed by atoms with Crippen LogP contribution in [0.3, 0.4) is 0 Å². The molecule has 1 aromatic carbocycles. The maximum absolute atomic E-state index is 11.1. The quantitative estimate of drug-likeness (QED) is 0.173. The summed E-state index contributed by atoms with van der Waals surface area (Å²) >= 11 is 0. The number of anilines is 1. The van der Waals surface area contributed by atoms with Crippen LogP contribution in [0.5, 0.6) is 0 Å². The van der Waals surface area contributed by atoms with E-state index in [9.17, 15) is 9.59 Å². The number of carbonyl (C=O) groups excluding carboxylic acids is 2. The van der Waals surface area contributed by atoms with Gasteiger partial charge in [-0.1, -0.05) is 18.2 Å². The van der Waals surface area contributed by atoms with Crippen molar-refractivity contribution in [3.8, 4) is 0 Å². The molecule has 0 fully saturated rings. The third-order valence-corrected chi connectivity index (χ3v) is 6.47. The van der Waals surface area contributed by atoms with Gasteiger partial charge >= 0.3 is 11.9 Å². The number of nitrogens with zero attached hydrogens (tertiary/aromatic N) is 1. The van der Waals surface area contributed by atoms with Crippen molar-refractivity contribution in [2.24, 2.45) is 0 Å². The number of esters is 2. The molecule has 9 heteroatoms. The zero-order valence-corrected chi connectivity index (χ0v) is 27.2. The van der Waals surface area contributed by atoms with Gasteiger partial charge in [-0.25, -0.2) is 0 Å². The second-order valence-corrected chi connectivity index (χ2v) is 12.8. The second-order valence-electron chi connectivity index (χ2n) is 12.8. The minimum Gasteiger partial charge on any atom is -0.466 e. The number of hydrogen-bond acceptors (Lipinski definition) is 9. The highest BCUT2D eigenvalue weighted by Crippen LogP contribution is 2.21. The Kier molecular flexibility index (Phi) is 15.3. The zero-order valence-electron chi connectivity index (χ0n) is 27.2. The van der Waals surface area contributed by atoms with Gasteiger partial charge < -0.3 is 33.3 Å². The van der Waals surface area contributed by atoms with Gasteiger partial charge in [-0.2, -0.15) is 0 Å². The minimum atomic E-state index is -0.600. The molecule has 0 aliphatic heterocycles. The molecular weight excluding hydrogens is 526 g/mol. The van der Waals surface area contributed by atoms with Crippen LogP contribution in [-0.4, -0.2) is 87.1 Å². The standard InChI is InChI=1S/C32H55NO8/c1-26(34)36-20-16-29(3,4)38-21-17-30(5,6)39-22-18-33(28-14-12-11-13-15-28)19-23-40-32(9,10)25-41-31(7,8)24-37-27(2)35/h11-15H,16-25H2,1-10H3. The molecule has 0 radical (unpaired) electrons. The summed E-state index contributed by atoms with van der Waals surface area (Å²) in [6.07, 6.45) is 1.37. The van der Waals surface area contributed by atoms with E-state index in [4.69, 9.17) is 28.4 Å². The number of ether oxygens (including phenoxy) is 6.